The molecule has 0 unspecified atom stereocenters. The Balaban J connectivity index is 1.37. The van der Waals surface area contributed by atoms with Crippen LogP contribution in [0.25, 0.3) is 11.2 Å². The zero-order valence-corrected chi connectivity index (χ0v) is 27.0. The van der Waals surface area contributed by atoms with Gasteiger partial charge in [0.15, 0.2) is 23.2 Å². The topological polar surface area (TPSA) is 161 Å². The van der Waals surface area contributed by atoms with E-state index >= 15 is 0 Å². The summed E-state index contributed by atoms with van der Waals surface area (Å²) in [7, 11) is 1.59. The van der Waals surface area contributed by atoms with E-state index in [1.54, 1.807) is 35.9 Å². The summed E-state index contributed by atoms with van der Waals surface area (Å²) in [5, 5.41) is 36.1. The van der Waals surface area contributed by atoms with Crippen LogP contribution in [0.4, 0.5) is 5.82 Å². The second-order valence-electron chi connectivity index (χ2n) is 11.8. The average molecular weight is 674 g/mol. The Hall–Kier alpha value is -5.50. The quantitative estimate of drug-likeness (QED) is 0.156. The molecule has 3 heterocycles. The molecule has 254 valence electrons. The van der Waals surface area contributed by atoms with Crippen LogP contribution < -0.4 is 10.1 Å². The molecule has 5 atom stereocenters. The van der Waals surface area contributed by atoms with Gasteiger partial charge in [0.1, 0.15) is 42.1 Å². The lowest BCUT2D eigenvalue weighted by Crippen LogP contribution is -2.59. The molecule has 0 aliphatic carbocycles. The zero-order valence-electron chi connectivity index (χ0n) is 27.0. The Morgan fingerprint density at radius 1 is 0.820 bits per heavy atom. The van der Waals surface area contributed by atoms with Gasteiger partial charge in [-0.1, -0.05) is 91.0 Å². The predicted molar refractivity (Wildman–Crippen MR) is 183 cm³/mol. The number of hydrogen-bond donors (Lipinski definition) is 4. The average Bonchev–Trinajstić information content (AvgIpc) is 3.61. The SMILES string of the molecule is COc1ccc(C(O[C@@H]2[C@@H](O)[C@H](O)[C@@H](CO)O[C@H]2n2cnc3c(NC(=O)c4ccccc4)ncnc32)(c2ccccc2)c2ccccc2)cc1. The van der Waals surface area contributed by atoms with Crippen molar-refractivity contribution < 1.29 is 34.3 Å². The maximum absolute atomic E-state index is 13.0. The molecule has 0 bridgehead atoms. The molecule has 1 aliphatic rings. The largest absolute Gasteiger partial charge is 0.497 e. The van der Waals surface area contributed by atoms with Crippen molar-refractivity contribution in [2.45, 2.75) is 36.2 Å². The standard InChI is InChI=1S/C38H35N5O7/c1-48-28-19-17-27(18-20-28)38(25-13-7-3-8-14-25,26-15-9-4-10-16-26)50-33-32(46)31(45)29(21-44)49-37(33)43-23-41-30-34(39-22-40-35(30)43)42-36(47)24-11-5-2-6-12-24/h2-20,22-23,29,31-33,37,44-46H,21H2,1H3,(H,39,40,42,47)/t29-,31-,32+,33-,37-/m1/s1. The van der Waals surface area contributed by atoms with Crippen LogP contribution in [0, 0.1) is 0 Å². The number of fused-ring (bicyclic) bond motifs is 1. The molecule has 2 aromatic heterocycles. The van der Waals surface area contributed by atoms with Gasteiger partial charge in [-0.3, -0.25) is 9.36 Å². The molecule has 4 N–H and O–H groups in total. The van der Waals surface area contributed by atoms with E-state index in [0.29, 0.717) is 16.9 Å². The number of carbonyl (C=O) groups is 1. The number of hydrogen-bond acceptors (Lipinski definition) is 10. The van der Waals surface area contributed by atoms with E-state index in [1.807, 2.05) is 91.0 Å². The van der Waals surface area contributed by atoms with Gasteiger partial charge in [0.05, 0.1) is 20.0 Å². The summed E-state index contributed by atoms with van der Waals surface area (Å²) < 4.78 is 20.5. The molecule has 6 aromatic rings. The van der Waals surface area contributed by atoms with Crippen molar-refractivity contribution in [3.63, 3.8) is 0 Å². The second kappa shape index (κ2) is 14.2. The number of nitrogens with zero attached hydrogens (tertiary/aromatic N) is 4. The van der Waals surface area contributed by atoms with Gasteiger partial charge in [0.2, 0.25) is 0 Å². The zero-order chi connectivity index (χ0) is 34.7. The number of nitrogens with one attached hydrogen (secondary N) is 1. The summed E-state index contributed by atoms with van der Waals surface area (Å²) in [4.78, 5) is 26.3. The molecule has 12 nitrogen and oxygen atoms in total. The molecule has 1 aliphatic heterocycles. The number of benzene rings is 4. The third-order valence-electron chi connectivity index (χ3n) is 8.91. The maximum Gasteiger partial charge on any atom is 0.256 e. The number of ether oxygens (including phenoxy) is 3. The third kappa shape index (κ3) is 5.99. The minimum absolute atomic E-state index is 0.163. The lowest BCUT2D eigenvalue weighted by Gasteiger charge is -2.47. The molecule has 4 aromatic carbocycles. The Morgan fingerprint density at radius 3 is 2.02 bits per heavy atom. The van der Waals surface area contributed by atoms with Gasteiger partial charge in [0.25, 0.3) is 5.91 Å². The van der Waals surface area contributed by atoms with Gasteiger partial charge < -0.3 is 34.8 Å². The first-order valence-electron chi connectivity index (χ1n) is 16.0. The molecule has 12 heteroatoms. The molecule has 50 heavy (non-hydrogen) atoms. The van der Waals surface area contributed by atoms with Gasteiger partial charge in [-0.05, 0) is 41.0 Å². The monoisotopic (exact) mass is 673 g/mol. The van der Waals surface area contributed by atoms with Gasteiger partial charge in [0, 0.05) is 5.56 Å². The van der Waals surface area contributed by atoms with Gasteiger partial charge >= 0.3 is 0 Å². The molecule has 0 saturated carbocycles. The minimum Gasteiger partial charge on any atom is -0.497 e. The van der Waals surface area contributed by atoms with E-state index in [-0.39, 0.29) is 22.9 Å². The first kappa shape index (κ1) is 33.0. The molecule has 1 fully saturated rings. The number of amides is 1. The molecular weight excluding hydrogens is 638 g/mol. The summed E-state index contributed by atoms with van der Waals surface area (Å²) >= 11 is 0. The van der Waals surface area contributed by atoms with Crippen LogP contribution in [0.5, 0.6) is 5.75 Å². The van der Waals surface area contributed by atoms with Crippen molar-refractivity contribution in [2.75, 3.05) is 19.0 Å². The van der Waals surface area contributed by atoms with Crippen LogP contribution in [0.3, 0.4) is 0 Å². The molecular formula is C38H35N5O7. The van der Waals surface area contributed by atoms with Gasteiger partial charge in [-0.2, -0.15) is 0 Å². The highest BCUT2D eigenvalue weighted by Crippen LogP contribution is 2.45. The second-order valence-corrected chi connectivity index (χ2v) is 11.8. The van der Waals surface area contributed by atoms with E-state index in [1.165, 1.54) is 12.7 Å². The number of imidazole rings is 1. The fraction of sp³-hybridized carbons (Fsp3) is 0.211. The summed E-state index contributed by atoms with van der Waals surface area (Å²) in [6, 6.07) is 35.2. The summed E-state index contributed by atoms with van der Waals surface area (Å²) in [6.07, 6.45) is -3.95. The number of aliphatic hydroxyl groups excluding tert-OH is 3. The van der Waals surface area contributed by atoms with E-state index in [0.717, 1.165) is 11.1 Å². The summed E-state index contributed by atoms with van der Waals surface area (Å²) in [5.74, 6) is 0.420. The Morgan fingerprint density at radius 2 is 1.42 bits per heavy atom. The van der Waals surface area contributed by atoms with Gasteiger partial charge in [-0.15, -0.1) is 0 Å². The van der Waals surface area contributed by atoms with Crippen LogP contribution in [-0.4, -0.2) is 78.9 Å². The Kier molecular flexibility index (Phi) is 9.35. The van der Waals surface area contributed by atoms with Crippen molar-refractivity contribution in [3.05, 3.63) is 150 Å². The molecule has 1 amide bonds. The van der Waals surface area contributed by atoms with Crippen LogP contribution in [-0.2, 0) is 15.1 Å². The van der Waals surface area contributed by atoms with Crippen molar-refractivity contribution in [3.8, 4) is 5.75 Å². The van der Waals surface area contributed by atoms with Crippen LogP contribution in [0.15, 0.2) is 128 Å². The number of carbonyl (C=O) groups excluding carboxylic acids is 1. The van der Waals surface area contributed by atoms with Crippen molar-refractivity contribution in [1.82, 2.24) is 19.5 Å². The number of aliphatic hydroxyl groups is 3. The van der Waals surface area contributed by atoms with E-state index in [2.05, 4.69) is 20.3 Å². The normalized spacial score (nSPS) is 20.8. The molecule has 0 spiro atoms. The van der Waals surface area contributed by atoms with Crippen molar-refractivity contribution in [1.29, 1.82) is 0 Å². The highest BCUT2D eigenvalue weighted by atomic mass is 16.6. The lowest BCUT2D eigenvalue weighted by molar-refractivity contribution is -0.277. The first-order valence-corrected chi connectivity index (χ1v) is 16.0. The highest BCUT2D eigenvalue weighted by molar-refractivity contribution is 6.06. The predicted octanol–water partition coefficient (Wildman–Crippen LogP) is 4.08. The summed E-state index contributed by atoms with van der Waals surface area (Å²) in [6.45, 7) is -0.581. The van der Waals surface area contributed by atoms with Crippen molar-refractivity contribution in [2.24, 2.45) is 0 Å². The number of rotatable bonds is 10. The molecule has 7 rings (SSSR count). The van der Waals surface area contributed by atoms with Gasteiger partial charge in [-0.25, -0.2) is 15.0 Å². The van der Waals surface area contributed by atoms with Crippen LogP contribution >= 0.6 is 0 Å². The number of anilines is 1. The lowest BCUT2D eigenvalue weighted by atomic mass is 9.79. The first-order chi connectivity index (χ1) is 24.4. The van der Waals surface area contributed by atoms with E-state index < -0.39 is 42.9 Å². The highest BCUT2D eigenvalue weighted by Gasteiger charge is 2.51. The third-order valence-corrected chi connectivity index (χ3v) is 8.91. The fourth-order valence-corrected chi connectivity index (χ4v) is 6.40. The molecule has 1 saturated heterocycles. The Labute approximate surface area is 287 Å². The van der Waals surface area contributed by atoms with E-state index in [4.69, 9.17) is 14.2 Å². The number of methoxy groups -OCH3 is 1. The number of aromatic nitrogens is 4. The van der Waals surface area contributed by atoms with Crippen LogP contribution in [0.1, 0.15) is 33.3 Å². The smallest absolute Gasteiger partial charge is 0.256 e. The Bertz CT molecular complexity index is 2010. The van der Waals surface area contributed by atoms with Crippen molar-refractivity contribution >= 4 is 22.9 Å². The summed E-state index contributed by atoms with van der Waals surface area (Å²) in [5.41, 5.74) is 1.79. The fourth-order valence-electron chi connectivity index (χ4n) is 6.40. The molecule has 0 radical (unpaired) electrons. The van der Waals surface area contributed by atoms with E-state index in [9.17, 15) is 20.1 Å². The maximum atomic E-state index is 13.0. The minimum atomic E-state index is -1.55. The van der Waals surface area contributed by atoms with Crippen LogP contribution in [0.2, 0.25) is 0 Å².